The summed E-state index contributed by atoms with van der Waals surface area (Å²) < 4.78 is 2.08. The predicted octanol–water partition coefficient (Wildman–Crippen LogP) is 3.14. The topological polar surface area (TPSA) is 62.4 Å². The number of aliphatic hydroxyl groups excluding tert-OH is 1. The molecule has 1 aliphatic rings. The number of imidazole rings is 1. The number of nitrogens with zero attached hydrogens (tertiary/aromatic N) is 3. The first-order valence-corrected chi connectivity index (χ1v) is 7.69. The highest BCUT2D eigenvalue weighted by molar-refractivity contribution is 5.76. The van der Waals surface area contributed by atoms with Gasteiger partial charge in [0.25, 0.3) is 0 Å². The molecule has 0 spiro atoms. The fraction of sp³-hybridized carbons (Fsp3) is 0.625. The second kappa shape index (κ2) is 7.41. The monoisotopic (exact) mass is 290 g/mol. The van der Waals surface area contributed by atoms with Gasteiger partial charge in [-0.3, -0.25) is 4.99 Å². The van der Waals surface area contributed by atoms with Crippen molar-refractivity contribution in [2.75, 3.05) is 11.9 Å². The number of fused-ring (bicyclic) bond motifs is 1. The Bertz CT molecular complexity index is 514. The maximum atomic E-state index is 9.96. The lowest BCUT2D eigenvalue weighted by Crippen LogP contribution is -2.08. The molecule has 2 atom stereocenters. The van der Waals surface area contributed by atoms with E-state index in [1.807, 2.05) is 6.33 Å². The highest BCUT2D eigenvalue weighted by Crippen LogP contribution is 2.24. The standard InChI is InChI=1S/C16H26N4O/c1-12(2)5-4-6-13(3)7-8-20-11-19-15-14(21)9-17-10-18-16(15)20/h5,10-11,13-14,21H,4,6-9H2,1-3H3,(H,17,18)/t13-,14?/m0/s1. The summed E-state index contributed by atoms with van der Waals surface area (Å²) in [6, 6.07) is 0. The molecule has 0 fully saturated rings. The number of rotatable bonds is 6. The number of anilines is 1. The second-order valence-electron chi connectivity index (χ2n) is 6.08. The lowest BCUT2D eigenvalue weighted by molar-refractivity contribution is 0.184. The average Bonchev–Trinajstić information content (AvgIpc) is 2.74. The van der Waals surface area contributed by atoms with Crippen molar-refractivity contribution in [3.63, 3.8) is 0 Å². The van der Waals surface area contributed by atoms with E-state index in [1.165, 1.54) is 12.0 Å². The molecular weight excluding hydrogens is 264 g/mol. The molecule has 0 saturated carbocycles. The summed E-state index contributed by atoms with van der Waals surface area (Å²) in [5.41, 5.74) is 2.09. The molecule has 0 aromatic carbocycles. The van der Waals surface area contributed by atoms with E-state index < -0.39 is 6.10 Å². The van der Waals surface area contributed by atoms with Gasteiger partial charge in [0.05, 0.1) is 19.2 Å². The van der Waals surface area contributed by atoms with Crippen molar-refractivity contribution in [2.24, 2.45) is 10.9 Å². The smallest absolute Gasteiger partial charge is 0.137 e. The quantitative estimate of drug-likeness (QED) is 0.791. The first-order valence-electron chi connectivity index (χ1n) is 7.69. The van der Waals surface area contributed by atoms with Crippen LogP contribution in [0.3, 0.4) is 0 Å². The Morgan fingerprint density at radius 3 is 3.10 bits per heavy atom. The molecule has 1 aromatic heterocycles. The highest BCUT2D eigenvalue weighted by Gasteiger charge is 2.19. The van der Waals surface area contributed by atoms with E-state index in [0.29, 0.717) is 18.2 Å². The minimum atomic E-state index is -0.609. The molecule has 0 amide bonds. The predicted molar refractivity (Wildman–Crippen MR) is 86.6 cm³/mol. The van der Waals surface area contributed by atoms with E-state index in [2.05, 4.69) is 46.7 Å². The summed E-state index contributed by atoms with van der Waals surface area (Å²) in [6.07, 6.45) is 8.61. The van der Waals surface area contributed by atoms with Gasteiger partial charge in [-0.05, 0) is 39.0 Å². The van der Waals surface area contributed by atoms with Crippen LogP contribution >= 0.6 is 0 Å². The van der Waals surface area contributed by atoms with Crippen LogP contribution < -0.4 is 5.32 Å². The van der Waals surface area contributed by atoms with E-state index in [0.717, 1.165) is 25.2 Å². The van der Waals surface area contributed by atoms with E-state index in [1.54, 1.807) is 6.34 Å². The SMILES string of the molecule is CC(C)=CCC[C@H](C)CCn1cnc2c1NC=NCC2O. The van der Waals surface area contributed by atoms with Crippen molar-refractivity contribution >= 4 is 12.2 Å². The third-order valence-corrected chi connectivity index (χ3v) is 3.83. The van der Waals surface area contributed by atoms with Crippen molar-refractivity contribution in [2.45, 2.75) is 52.7 Å². The summed E-state index contributed by atoms with van der Waals surface area (Å²) in [5, 5.41) is 13.1. The number of allylic oxidation sites excluding steroid dienone is 2. The zero-order valence-electron chi connectivity index (χ0n) is 13.2. The van der Waals surface area contributed by atoms with Crippen LogP contribution in [-0.2, 0) is 6.54 Å². The van der Waals surface area contributed by atoms with Gasteiger partial charge >= 0.3 is 0 Å². The van der Waals surface area contributed by atoms with Gasteiger partial charge in [0, 0.05) is 6.54 Å². The van der Waals surface area contributed by atoms with Crippen molar-refractivity contribution in [3.8, 4) is 0 Å². The third-order valence-electron chi connectivity index (χ3n) is 3.83. The molecule has 2 N–H and O–H groups in total. The van der Waals surface area contributed by atoms with Crippen LogP contribution in [0.5, 0.6) is 0 Å². The molecule has 0 radical (unpaired) electrons. The van der Waals surface area contributed by atoms with Crippen LogP contribution in [0.25, 0.3) is 0 Å². The molecule has 1 aromatic rings. The van der Waals surface area contributed by atoms with Gasteiger partial charge in [0.2, 0.25) is 0 Å². The summed E-state index contributed by atoms with van der Waals surface area (Å²) in [6.45, 7) is 7.86. The van der Waals surface area contributed by atoms with E-state index in [4.69, 9.17) is 0 Å². The van der Waals surface area contributed by atoms with E-state index in [-0.39, 0.29) is 0 Å². The molecule has 2 heterocycles. The van der Waals surface area contributed by atoms with E-state index >= 15 is 0 Å². The van der Waals surface area contributed by atoms with E-state index in [9.17, 15) is 5.11 Å². The van der Waals surface area contributed by atoms with Crippen LogP contribution in [0.2, 0.25) is 0 Å². The molecule has 21 heavy (non-hydrogen) atoms. The van der Waals surface area contributed by atoms with Gasteiger partial charge in [-0.15, -0.1) is 0 Å². The summed E-state index contributed by atoms with van der Waals surface area (Å²) in [4.78, 5) is 8.41. The number of aromatic nitrogens is 2. The number of hydrogen-bond donors (Lipinski definition) is 2. The molecule has 0 saturated heterocycles. The van der Waals surface area contributed by atoms with Gasteiger partial charge in [0.15, 0.2) is 0 Å². The van der Waals surface area contributed by atoms with Crippen LogP contribution in [0.4, 0.5) is 5.82 Å². The summed E-state index contributed by atoms with van der Waals surface area (Å²) in [7, 11) is 0. The Labute approximate surface area is 126 Å². The van der Waals surface area contributed by atoms with Crippen LogP contribution in [0.15, 0.2) is 23.0 Å². The Hall–Kier alpha value is -1.62. The Morgan fingerprint density at radius 1 is 1.52 bits per heavy atom. The maximum Gasteiger partial charge on any atom is 0.137 e. The zero-order valence-corrected chi connectivity index (χ0v) is 13.2. The fourth-order valence-corrected chi connectivity index (χ4v) is 2.47. The molecule has 0 aliphatic carbocycles. The third kappa shape index (κ3) is 4.43. The van der Waals surface area contributed by atoms with Gasteiger partial charge in [-0.25, -0.2) is 4.98 Å². The molecule has 0 bridgehead atoms. The minimum absolute atomic E-state index is 0.371. The van der Waals surface area contributed by atoms with Crippen molar-refractivity contribution < 1.29 is 5.11 Å². The van der Waals surface area contributed by atoms with Crippen molar-refractivity contribution in [1.82, 2.24) is 9.55 Å². The summed E-state index contributed by atoms with van der Waals surface area (Å²) in [5.74, 6) is 1.54. The molecule has 1 unspecified atom stereocenters. The van der Waals surface area contributed by atoms with Crippen LogP contribution in [0.1, 0.15) is 51.8 Å². The Morgan fingerprint density at radius 2 is 2.33 bits per heavy atom. The Kier molecular flexibility index (Phi) is 5.56. The number of hydrogen-bond acceptors (Lipinski definition) is 4. The molecule has 2 rings (SSSR count). The zero-order chi connectivity index (χ0) is 15.2. The molecule has 116 valence electrons. The molecule has 5 nitrogen and oxygen atoms in total. The second-order valence-corrected chi connectivity index (χ2v) is 6.08. The first-order chi connectivity index (χ1) is 10.1. The minimum Gasteiger partial charge on any atom is -0.385 e. The van der Waals surface area contributed by atoms with Crippen molar-refractivity contribution in [1.29, 1.82) is 0 Å². The highest BCUT2D eigenvalue weighted by atomic mass is 16.3. The number of aliphatic imine (C=N–C) groups is 1. The average molecular weight is 290 g/mol. The van der Waals surface area contributed by atoms with Gasteiger partial charge in [-0.2, -0.15) is 0 Å². The van der Waals surface area contributed by atoms with Crippen LogP contribution in [0, 0.1) is 5.92 Å². The maximum absolute atomic E-state index is 9.96. The molecule has 5 heteroatoms. The number of nitrogens with one attached hydrogen (secondary N) is 1. The largest absolute Gasteiger partial charge is 0.385 e. The fourth-order valence-electron chi connectivity index (χ4n) is 2.47. The summed E-state index contributed by atoms with van der Waals surface area (Å²) >= 11 is 0. The first kappa shape index (κ1) is 15.8. The Balaban J connectivity index is 1.89. The molecular formula is C16H26N4O. The van der Waals surface area contributed by atoms with Gasteiger partial charge < -0.3 is 15.0 Å². The number of aliphatic hydroxyl groups is 1. The molecule has 1 aliphatic heterocycles. The lowest BCUT2D eigenvalue weighted by Gasteiger charge is -2.13. The lowest BCUT2D eigenvalue weighted by atomic mass is 10.0. The van der Waals surface area contributed by atoms with Gasteiger partial charge in [0.1, 0.15) is 17.6 Å². The number of aryl methyl sites for hydroxylation is 1. The van der Waals surface area contributed by atoms with Gasteiger partial charge in [-0.1, -0.05) is 18.6 Å². The van der Waals surface area contributed by atoms with Crippen molar-refractivity contribution in [3.05, 3.63) is 23.7 Å². The van der Waals surface area contributed by atoms with Crippen LogP contribution in [-0.4, -0.2) is 27.5 Å². The normalized spacial score (nSPS) is 18.6.